The highest BCUT2D eigenvalue weighted by Crippen LogP contribution is 2.37. The van der Waals surface area contributed by atoms with E-state index < -0.39 is 12.0 Å². The van der Waals surface area contributed by atoms with E-state index in [0.717, 1.165) is 11.4 Å². The molecule has 0 radical (unpaired) electrons. The van der Waals surface area contributed by atoms with Crippen LogP contribution >= 0.6 is 0 Å². The van der Waals surface area contributed by atoms with Gasteiger partial charge in [0.15, 0.2) is 11.6 Å². The number of rotatable bonds is 9. The summed E-state index contributed by atoms with van der Waals surface area (Å²) in [5.41, 5.74) is 3.47. The maximum atomic E-state index is 14.4. The summed E-state index contributed by atoms with van der Waals surface area (Å²) < 4.78 is 36.3. The number of carbonyl (C=O) groups is 1. The van der Waals surface area contributed by atoms with Crippen molar-refractivity contribution in [1.29, 1.82) is 0 Å². The zero-order chi connectivity index (χ0) is 31.6. The van der Waals surface area contributed by atoms with Crippen LogP contribution in [0, 0.1) is 0 Å². The largest absolute Gasteiger partial charge is 0.480 e. The molecule has 0 spiro atoms. The number of allylic oxidation sites excluding steroid dienone is 4. The number of carbonyl (C=O) groups excluding carboxylic acids is 1. The van der Waals surface area contributed by atoms with E-state index in [1.165, 1.54) is 19.1 Å². The fourth-order valence-electron chi connectivity index (χ4n) is 5.56. The fraction of sp³-hybridized carbons (Fsp3) is 0.364. The van der Waals surface area contributed by atoms with E-state index in [4.69, 9.17) is 19.8 Å². The van der Waals surface area contributed by atoms with Crippen LogP contribution in [0.2, 0.25) is 0 Å². The molecule has 5 rings (SSSR count). The van der Waals surface area contributed by atoms with Crippen LogP contribution in [0.1, 0.15) is 57.1 Å². The van der Waals surface area contributed by atoms with Crippen molar-refractivity contribution in [2.24, 2.45) is 4.99 Å². The van der Waals surface area contributed by atoms with Crippen molar-refractivity contribution in [1.82, 2.24) is 24.6 Å². The molecule has 2 atom stereocenters. The number of aromatic nitrogens is 4. The first-order valence-electron chi connectivity index (χ1n) is 14.6. The van der Waals surface area contributed by atoms with E-state index in [1.807, 2.05) is 26.0 Å². The number of hydrogen-bond donors (Lipinski definition) is 0. The van der Waals surface area contributed by atoms with Gasteiger partial charge < -0.3 is 14.5 Å². The summed E-state index contributed by atoms with van der Waals surface area (Å²) in [7, 11) is 1.57. The van der Waals surface area contributed by atoms with Gasteiger partial charge in [0.25, 0.3) is 5.92 Å². The Labute approximate surface area is 256 Å². The van der Waals surface area contributed by atoms with Gasteiger partial charge in [-0.1, -0.05) is 62.1 Å². The first kappa shape index (κ1) is 30.8. The number of fused-ring (bicyclic) bond motifs is 1. The lowest BCUT2D eigenvalue weighted by atomic mass is 9.97. The highest BCUT2D eigenvalue weighted by molar-refractivity contribution is 5.93. The minimum Gasteiger partial charge on any atom is -0.480 e. The zero-order valence-corrected chi connectivity index (χ0v) is 25.7. The Balaban J connectivity index is 1.55. The number of alkyl halides is 2. The molecule has 9 nitrogen and oxygen atoms in total. The lowest BCUT2D eigenvalue weighted by Crippen LogP contribution is -2.43. The number of pyridine rings is 1. The molecule has 1 aromatic carbocycles. The molecule has 0 N–H and O–H groups in total. The van der Waals surface area contributed by atoms with Crippen LogP contribution < -0.4 is 9.64 Å². The molecule has 0 fully saturated rings. The molecule has 0 bridgehead atoms. The molecule has 0 aliphatic carbocycles. The number of methoxy groups -OCH3 is 1. The van der Waals surface area contributed by atoms with Gasteiger partial charge >= 0.3 is 0 Å². The molecule has 230 valence electrons. The molecular formula is C33H37F2N7O2. The van der Waals surface area contributed by atoms with Gasteiger partial charge in [0, 0.05) is 29.8 Å². The molecule has 4 heterocycles. The van der Waals surface area contributed by atoms with Crippen molar-refractivity contribution >= 4 is 17.3 Å². The molecule has 1 amide bonds. The van der Waals surface area contributed by atoms with Crippen molar-refractivity contribution in [2.45, 2.75) is 58.8 Å². The Hall–Kier alpha value is -4.67. The van der Waals surface area contributed by atoms with Crippen molar-refractivity contribution in [3.05, 3.63) is 89.8 Å². The van der Waals surface area contributed by atoms with Crippen molar-refractivity contribution in [3.63, 3.8) is 0 Å². The molecule has 3 aromatic rings. The molecule has 2 aromatic heterocycles. The molecule has 2 aliphatic rings. The topological polar surface area (TPSA) is 88.7 Å². The van der Waals surface area contributed by atoms with Crippen LogP contribution in [0.25, 0.3) is 11.5 Å². The fourth-order valence-corrected chi connectivity index (χ4v) is 5.56. The SMILES string of the molecule is C=CC=CC=C(C)C(=O)N1CCn2nc(-c3ccc(N4CC(C)=NC4C)c(OC)n3)nc2C1c1ccc(C(F)(F)CC)cc1. The van der Waals surface area contributed by atoms with Crippen molar-refractivity contribution in [3.8, 4) is 17.4 Å². The number of anilines is 1. The zero-order valence-electron chi connectivity index (χ0n) is 25.7. The van der Waals surface area contributed by atoms with Gasteiger partial charge in [0.1, 0.15) is 23.6 Å². The number of amides is 1. The van der Waals surface area contributed by atoms with E-state index in [2.05, 4.69) is 16.5 Å². The molecule has 44 heavy (non-hydrogen) atoms. The highest BCUT2D eigenvalue weighted by Gasteiger charge is 2.37. The average Bonchev–Trinajstić information content (AvgIpc) is 3.62. The average molecular weight is 602 g/mol. The van der Waals surface area contributed by atoms with Gasteiger partial charge in [-0.25, -0.2) is 23.4 Å². The third-order valence-electron chi connectivity index (χ3n) is 7.92. The lowest BCUT2D eigenvalue weighted by molar-refractivity contribution is -0.129. The van der Waals surface area contributed by atoms with Crippen LogP contribution in [0.15, 0.2) is 77.8 Å². The summed E-state index contributed by atoms with van der Waals surface area (Å²) >= 11 is 0. The van der Waals surface area contributed by atoms with Crippen LogP contribution in [0.4, 0.5) is 14.5 Å². The quantitative estimate of drug-likeness (QED) is 0.218. The minimum atomic E-state index is -2.95. The Morgan fingerprint density at radius 2 is 1.89 bits per heavy atom. The van der Waals surface area contributed by atoms with Crippen LogP contribution in [-0.4, -0.2) is 62.6 Å². The summed E-state index contributed by atoms with van der Waals surface area (Å²) in [5.74, 6) is -1.81. The molecular weight excluding hydrogens is 564 g/mol. The lowest BCUT2D eigenvalue weighted by Gasteiger charge is -2.35. The van der Waals surface area contributed by atoms with Crippen molar-refractivity contribution < 1.29 is 18.3 Å². The van der Waals surface area contributed by atoms with Gasteiger partial charge in [-0.3, -0.25) is 9.79 Å². The Kier molecular flexibility index (Phi) is 8.75. The van der Waals surface area contributed by atoms with Crippen molar-refractivity contribution in [2.75, 3.05) is 25.1 Å². The third kappa shape index (κ3) is 5.91. The minimum absolute atomic E-state index is 0.0349. The van der Waals surface area contributed by atoms with Gasteiger partial charge in [-0.05, 0) is 38.5 Å². The summed E-state index contributed by atoms with van der Waals surface area (Å²) in [5, 5.41) is 4.75. The third-order valence-corrected chi connectivity index (χ3v) is 7.92. The maximum absolute atomic E-state index is 14.4. The predicted molar refractivity (Wildman–Crippen MR) is 167 cm³/mol. The number of benzene rings is 1. The first-order valence-corrected chi connectivity index (χ1v) is 14.6. The van der Waals surface area contributed by atoms with E-state index in [1.54, 1.807) is 60.1 Å². The standard InChI is InChI=1S/C33H37F2N7O2/c1-7-9-10-11-21(3)32(43)40-18-19-42-30(28(40)24-12-14-25(15-13-24)33(34,35)8-2)38-29(39-42)26-16-17-27(31(37-26)44-6)41-20-22(4)36-23(41)5/h7,9-17,23,28H,1,8,18-20H2,2-6H3. The summed E-state index contributed by atoms with van der Waals surface area (Å²) in [6.45, 7) is 12.3. The maximum Gasteiger partial charge on any atom is 0.273 e. The number of hydrogen-bond acceptors (Lipinski definition) is 7. The smallest absolute Gasteiger partial charge is 0.273 e. The second kappa shape index (κ2) is 12.5. The second-order valence-electron chi connectivity index (χ2n) is 10.9. The molecule has 11 heteroatoms. The van der Waals surface area contributed by atoms with Gasteiger partial charge in [-0.15, -0.1) is 5.10 Å². The second-order valence-corrected chi connectivity index (χ2v) is 10.9. The predicted octanol–water partition coefficient (Wildman–Crippen LogP) is 6.10. The van der Waals surface area contributed by atoms with E-state index in [-0.39, 0.29) is 24.1 Å². The summed E-state index contributed by atoms with van der Waals surface area (Å²) in [4.78, 5) is 31.7. The molecule has 0 saturated heterocycles. The summed E-state index contributed by atoms with van der Waals surface area (Å²) in [6.07, 6.45) is 6.51. The van der Waals surface area contributed by atoms with Gasteiger partial charge in [-0.2, -0.15) is 0 Å². The van der Waals surface area contributed by atoms with Gasteiger partial charge in [0.2, 0.25) is 11.8 Å². The van der Waals surface area contributed by atoms with E-state index >= 15 is 0 Å². The van der Waals surface area contributed by atoms with Crippen LogP contribution in [-0.2, 0) is 17.3 Å². The first-order chi connectivity index (χ1) is 21.1. The van der Waals surface area contributed by atoms with E-state index in [9.17, 15) is 13.6 Å². The monoisotopic (exact) mass is 601 g/mol. The normalized spacial score (nSPS) is 18.9. The Morgan fingerprint density at radius 3 is 2.52 bits per heavy atom. The molecule has 0 saturated carbocycles. The van der Waals surface area contributed by atoms with Gasteiger partial charge in [0.05, 0.1) is 20.2 Å². The number of nitrogens with zero attached hydrogens (tertiary/aromatic N) is 7. The number of ether oxygens (including phenoxy) is 1. The summed E-state index contributed by atoms with van der Waals surface area (Å²) in [6, 6.07) is 9.24. The molecule has 2 aliphatic heterocycles. The molecule has 2 unspecified atom stereocenters. The Morgan fingerprint density at radius 1 is 1.14 bits per heavy atom. The van der Waals surface area contributed by atoms with Crippen LogP contribution in [0.5, 0.6) is 5.88 Å². The number of aliphatic imine (C=N–C) groups is 1. The van der Waals surface area contributed by atoms with E-state index in [0.29, 0.717) is 54.0 Å². The Bertz CT molecular complexity index is 1640. The number of halogens is 2. The highest BCUT2D eigenvalue weighted by atomic mass is 19.3. The van der Waals surface area contributed by atoms with Crippen LogP contribution in [0.3, 0.4) is 0 Å².